The lowest BCUT2D eigenvalue weighted by molar-refractivity contribution is 1.03. The molecule has 14 heavy (non-hydrogen) atoms. The molecule has 0 unspecified atom stereocenters. The largest absolute Gasteiger partial charge is 0.300 e. The zero-order chi connectivity index (χ0) is 9.80. The van der Waals surface area contributed by atoms with Crippen LogP contribution >= 0.6 is 0 Å². The molecule has 1 aliphatic carbocycles. The van der Waals surface area contributed by atoms with Gasteiger partial charge in [-0.15, -0.1) is 0 Å². The van der Waals surface area contributed by atoms with E-state index in [1.54, 1.807) is 0 Å². The highest BCUT2D eigenvalue weighted by Gasteiger charge is 2.05. The minimum atomic E-state index is 0.626. The van der Waals surface area contributed by atoms with Gasteiger partial charge in [0.05, 0.1) is 5.71 Å². The third kappa shape index (κ3) is 1.82. The van der Waals surface area contributed by atoms with Crippen LogP contribution in [-0.2, 0) is 0 Å². The molecule has 0 aromatic heterocycles. The molecule has 1 heteroatoms. The summed E-state index contributed by atoms with van der Waals surface area (Å²) in [5, 5.41) is 8.00. The second kappa shape index (κ2) is 4.05. The SMILES string of the molecule is N=C(C1=CCCC=C1)c1ccccc1. The molecule has 1 aromatic rings. The molecule has 0 bridgehead atoms. The molecule has 0 saturated heterocycles. The van der Waals surface area contributed by atoms with Crippen LogP contribution in [-0.4, -0.2) is 5.71 Å². The fourth-order valence-corrected chi connectivity index (χ4v) is 1.57. The summed E-state index contributed by atoms with van der Waals surface area (Å²) in [6, 6.07) is 9.87. The molecule has 0 radical (unpaired) electrons. The lowest BCUT2D eigenvalue weighted by Crippen LogP contribution is -2.02. The first kappa shape index (κ1) is 8.95. The van der Waals surface area contributed by atoms with Gasteiger partial charge in [0, 0.05) is 0 Å². The van der Waals surface area contributed by atoms with Crippen molar-refractivity contribution < 1.29 is 0 Å². The number of benzene rings is 1. The fraction of sp³-hybridized carbons (Fsp3) is 0.154. The maximum absolute atomic E-state index is 8.00. The Morgan fingerprint density at radius 2 is 1.86 bits per heavy atom. The first-order valence-corrected chi connectivity index (χ1v) is 4.89. The topological polar surface area (TPSA) is 23.9 Å². The normalized spacial score (nSPS) is 15.0. The monoisotopic (exact) mass is 183 g/mol. The fourth-order valence-electron chi connectivity index (χ4n) is 1.57. The second-order valence-electron chi connectivity index (χ2n) is 3.38. The average molecular weight is 183 g/mol. The van der Waals surface area contributed by atoms with E-state index in [1.807, 2.05) is 36.4 Å². The van der Waals surface area contributed by atoms with Crippen molar-refractivity contribution in [3.63, 3.8) is 0 Å². The van der Waals surface area contributed by atoms with Gasteiger partial charge in [0.15, 0.2) is 0 Å². The van der Waals surface area contributed by atoms with Gasteiger partial charge in [-0.25, -0.2) is 0 Å². The maximum Gasteiger partial charge on any atom is 0.0681 e. The van der Waals surface area contributed by atoms with Crippen molar-refractivity contribution in [2.24, 2.45) is 0 Å². The zero-order valence-corrected chi connectivity index (χ0v) is 8.03. The molecule has 1 nitrogen and oxygen atoms in total. The van der Waals surface area contributed by atoms with Crippen LogP contribution in [0.4, 0.5) is 0 Å². The molecule has 0 spiro atoms. The molecule has 0 amide bonds. The Hall–Kier alpha value is -1.63. The van der Waals surface area contributed by atoms with Gasteiger partial charge in [-0.3, -0.25) is 5.41 Å². The summed E-state index contributed by atoms with van der Waals surface area (Å²) in [6.45, 7) is 0. The van der Waals surface area contributed by atoms with Crippen molar-refractivity contribution >= 4 is 5.71 Å². The molecule has 0 fully saturated rings. The lowest BCUT2D eigenvalue weighted by atomic mass is 9.98. The molecule has 1 aliphatic rings. The molecule has 0 atom stereocenters. The predicted molar refractivity (Wildman–Crippen MR) is 59.7 cm³/mol. The van der Waals surface area contributed by atoms with Crippen LogP contribution in [0, 0.1) is 5.41 Å². The van der Waals surface area contributed by atoms with E-state index in [4.69, 9.17) is 5.41 Å². The van der Waals surface area contributed by atoms with Crippen molar-refractivity contribution in [1.82, 2.24) is 0 Å². The van der Waals surface area contributed by atoms with Crippen molar-refractivity contribution in [3.8, 4) is 0 Å². The van der Waals surface area contributed by atoms with E-state index in [1.165, 1.54) is 0 Å². The Morgan fingerprint density at radius 3 is 2.50 bits per heavy atom. The summed E-state index contributed by atoms with van der Waals surface area (Å²) in [6.07, 6.45) is 8.47. The smallest absolute Gasteiger partial charge is 0.0681 e. The molecule has 1 N–H and O–H groups in total. The standard InChI is InChI=1S/C13H13N/c14-13(11-7-3-1-4-8-11)12-9-5-2-6-10-12/h1,3-5,7-10,14H,2,6H2. The molecule has 70 valence electrons. The van der Waals surface area contributed by atoms with Gasteiger partial charge in [0.2, 0.25) is 0 Å². The molecule has 0 saturated carbocycles. The van der Waals surface area contributed by atoms with E-state index in [-0.39, 0.29) is 0 Å². The number of rotatable bonds is 2. The third-order valence-electron chi connectivity index (χ3n) is 2.35. The summed E-state index contributed by atoms with van der Waals surface area (Å²) in [4.78, 5) is 0. The van der Waals surface area contributed by atoms with E-state index < -0.39 is 0 Å². The second-order valence-corrected chi connectivity index (χ2v) is 3.38. The highest BCUT2D eigenvalue weighted by Crippen LogP contribution is 2.15. The number of allylic oxidation sites excluding steroid dienone is 4. The van der Waals surface area contributed by atoms with Gasteiger partial charge >= 0.3 is 0 Å². The molecule has 2 rings (SSSR count). The van der Waals surface area contributed by atoms with Gasteiger partial charge in [-0.2, -0.15) is 0 Å². The maximum atomic E-state index is 8.00. The Balaban J connectivity index is 2.25. The Kier molecular flexibility index (Phi) is 2.59. The average Bonchev–Trinajstić information content (AvgIpc) is 2.30. The van der Waals surface area contributed by atoms with Crippen LogP contribution in [0.15, 0.2) is 54.1 Å². The number of hydrogen-bond donors (Lipinski definition) is 1. The summed E-state index contributed by atoms with van der Waals surface area (Å²) in [5.74, 6) is 0. The van der Waals surface area contributed by atoms with Crippen molar-refractivity contribution in [2.75, 3.05) is 0 Å². The Bertz CT molecular complexity index is 385. The minimum Gasteiger partial charge on any atom is -0.300 e. The molecule has 0 aliphatic heterocycles. The van der Waals surface area contributed by atoms with Gasteiger partial charge in [-0.1, -0.05) is 48.6 Å². The first-order valence-electron chi connectivity index (χ1n) is 4.89. The van der Waals surface area contributed by atoms with Gasteiger partial charge in [0.25, 0.3) is 0 Å². The highest BCUT2D eigenvalue weighted by atomic mass is 14.4. The zero-order valence-electron chi connectivity index (χ0n) is 8.03. The minimum absolute atomic E-state index is 0.626. The van der Waals surface area contributed by atoms with Gasteiger partial charge in [-0.05, 0) is 24.0 Å². The van der Waals surface area contributed by atoms with E-state index in [0.29, 0.717) is 5.71 Å². The summed E-state index contributed by atoms with van der Waals surface area (Å²) in [5.41, 5.74) is 2.66. The van der Waals surface area contributed by atoms with Crippen LogP contribution < -0.4 is 0 Å². The van der Waals surface area contributed by atoms with E-state index >= 15 is 0 Å². The molecule has 1 aromatic carbocycles. The highest BCUT2D eigenvalue weighted by molar-refractivity contribution is 6.12. The molecular formula is C13H13N. The third-order valence-corrected chi connectivity index (χ3v) is 2.35. The van der Waals surface area contributed by atoms with Crippen LogP contribution in [0.1, 0.15) is 18.4 Å². The van der Waals surface area contributed by atoms with E-state index in [2.05, 4.69) is 12.2 Å². The van der Waals surface area contributed by atoms with Crippen LogP contribution in [0.2, 0.25) is 0 Å². The van der Waals surface area contributed by atoms with E-state index in [9.17, 15) is 0 Å². The van der Waals surface area contributed by atoms with Crippen molar-refractivity contribution in [3.05, 3.63) is 59.7 Å². The van der Waals surface area contributed by atoms with Crippen molar-refractivity contribution in [2.45, 2.75) is 12.8 Å². The molecular weight excluding hydrogens is 170 g/mol. The van der Waals surface area contributed by atoms with Crippen LogP contribution in [0.5, 0.6) is 0 Å². The quantitative estimate of drug-likeness (QED) is 0.680. The van der Waals surface area contributed by atoms with Gasteiger partial charge in [0.1, 0.15) is 0 Å². The summed E-state index contributed by atoms with van der Waals surface area (Å²) >= 11 is 0. The summed E-state index contributed by atoms with van der Waals surface area (Å²) in [7, 11) is 0. The first-order chi connectivity index (χ1) is 6.88. The van der Waals surface area contributed by atoms with Gasteiger partial charge < -0.3 is 0 Å². The Morgan fingerprint density at radius 1 is 1.07 bits per heavy atom. The molecule has 0 heterocycles. The van der Waals surface area contributed by atoms with Crippen LogP contribution in [0.3, 0.4) is 0 Å². The van der Waals surface area contributed by atoms with E-state index in [0.717, 1.165) is 24.0 Å². The lowest BCUT2D eigenvalue weighted by Gasteiger charge is -2.08. The number of hydrogen-bond acceptors (Lipinski definition) is 1. The summed E-state index contributed by atoms with van der Waals surface area (Å²) < 4.78 is 0. The Labute approximate surface area is 84.3 Å². The van der Waals surface area contributed by atoms with Crippen LogP contribution in [0.25, 0.3) is 0 Å². The predicted octanol–water partition coefficient (Wildman–Crippen LogP) is 3.33. The number of nitrogens with one attached hydrogen (secondary N) is 1. The van der Waals surface area contributed by atoms with Crippen molar-refractivity contribution in [1.29, 1.82) is 5.41 Å².